The van der Waals surface area contributed by atoms with Crippen molar-refractivity contribution in [1.29, 1.82) is 0 Å². The zero-order chi connectivity index (χ0) is 13.8. The zero-order valence-electron chi connectivity index (χ0n) is 11.7. The Balaban J connectivity index is 1.82. The number of hydrogen-bond acceptors (Lipinski definition) is 4. The smallest absolute Gasteiger partial charge is 0.408 e. The minimum Gasteiger partial charge on any atom is -0.446 e. The highest BCUT2D eigenvalue weighted by molar-refractivity contribution is 5.91. The monoisotopic (exact) mass is 269 g/mol. The number of ether oxygens (including phenoxy) is 2. The standard InChI is InChI=1S/C14H23NO4/c1-9(2)12(13(16)10-3-4-10)15-14(17)19-11-5-7-18-8-6-11/h9-12H,3-8H2,1-2H3,(H,15,17). The maximum absolute atomic E-state index is 12.1. The van der Waals surface area contributed by atoms with Crippen LogP contribution in [0.4, 0.5) is 4.79 Å². The van der Waals surface area contributed by atoms with Crippen LogP contribution in [-0.2, 0) is 14.3 Å². The van der Waals surface area contributed by atoms with E-state index < -0.39 is 12.1 Å². The molecule has 1 atom stereocenters. The second kappa shape index (κ2) is 6.37. The molecule has 5 nitrogen and oxygen atoms in total. The molecule has 0 spiro atoms. The van der Waals surface area contributed by atoms with Gasteiger partial charge in [0.25, 0.3) is 0 Å². The number of rotatable bonds is 5. The summed E-state index contributed by atoms with van der Waals surface area (Å²) in [6, 6.07) is -0.417. The van der Waals surface area contributed by atoms with Gasteiger partial charge in [-0.1, -0.05) is 13.8 Å². The Hall–Kier alpha value is -1.10. The highest BCUT2D eigenvalue weighted by Gasteiger charge is 2.37. The number of hydrogen-bond donors (Lipinski definition) is 1. The van der Waals surface area contributed by atoms with Gasteiger partial charge in [-0.3, -0.25) is 4.79 Å². The molecule has 19 heavy (non-hydrogen) atoms. The van der Waals surface area contributed by atoms with E-state index in [2.05, 4.69) is 5.32 Å². The Morgan fingerprint density at radius 1 is 1.16 bits per heavy atom. The van der Waals surface area contributed by atoms with E-state index in [1.54, 1.807) is 0 Å². The molecule has 1 N–H and O–H groups in total. The number of alkyl carbamates (subject to hydrolysis) is 1. The van der Waals surface area contributed by atoms with Crippen molar-refractivity contribution in [2.24, 2.45) is 11.8 Å². The van der Waals surface area contributed by atoms with E-state index in [0.717, 1.165) is 25.7 Å². The Bertz CT molecular complexity index is 332. The van der Waals surface area contributed by atoms with Crippen LogP contribution in [0.5, 0.6) is 0 Å². The molecule has 2 fully saturated rings. The van der Waals surface area contributed by atoms with Crippen molar-refractivity contribution in [3.8, 4) is 0 Å². The first-order chi connectivity index (χ1) is 9.08. The molecular weight excluding hydrogens is 246 g/mol. The first-order valence-electron chi connectivity index (χ1n) is 7.16. The molecule has 0 aromatic rings. The topological polar surface area (TPSA) is 64.6 Å². The summed E-state index contributed by atoms with van der Waals surface area (Å²) in [4.78, 5) is 23.9. The number of nitrogens with one attached hydrogen (secondary N) is 1. The second-order valence-electron chi connectivity index (χ2n) is 5.76. The van der Waals surface area contributed by atoms with Gasteiger partial charge in [-0.25, -0.2) is 4.79 Å². The SMILES string of the molecule is CC(C)C(NC(=O)OC1CCOCC1)C(=O)C1CC1. The molecule has 1 aliphatic carbocycles. The van der Waals surface area contributed by atoms with Gasteiger partial charge in [0.2, 0.25) is 0 Å². The molecule has 0 aromatic carbocycles. The molecule has 5 heteroatoms. The minimum absolute atomic E-state index is 0.0856. The normalized spacial score (nSPS) is 22.1. The van der Waals surface area contributed by atoms with Crippen molar-refractivity contribution >= 4 is 11.9 Å². The molecule has 1 saturated carbocycles. The van der Waals surface area contributed by atoms with Gasteiger partial charge in [0, 0.05) is 18.8 Å². The lowest BCUT2D eigenvalue weighted by molar-refractivity contribution is -0.123. The molecule has 108 valence electrons. The van der Waals surface area contributed by atoms with Gasteiger partial charge >= 0.3 is 6.09 Å². The van der Waals surface area contributed by atoms with Crippen molar-refractivity contribution in [3.63, 3.8) is 0 Å². The lowest BCUT2D eigenvalue weighted by atomic mass is 9.97. The van der Waals surface area contributed by atoms with Gasteiger partial charge in [0.05, 0.1) is 19.3 Å². The number of carbonyl (C=O) groups is 2. The highest BCUT2D eigenvalue weighted by Crippen LogP contribution is 2.32. The van der Waals surface area contributed by atoms with Crippen LogP contribution in [0.1, 0.15) is 39.5 Å². The zero-order valence-corrected chi connectivity index (χ0v) is 11.7. The molecule has 0 radical (unpaired) electrons. The van der Waals surface area contributed by atoms with Crippen molar-refractivity contribution in [2.75, 3.05) is 13.2 Å². The van der Waals surface area contributed by atoms with Gasteiger partial charge in [-0.2, -0.15) is 0 Å². The maximum Gasteiger partial charge on any atom is 0.408 e. The average molecular weight is 269 g/mol. The van der Waals surface area contributed by atoms with E-state index in [9.17, 15) is 9.59 Å². The van der Waals surface area contributed by atoms with Gasteiger partial charge < -0.3 is 14.8 Å². The predicted octanol–water partition coefficient (Wildman–Crippen LogP) is 1.90. The first-order valence-corrected chi connectivity index (χ1v) is 7.16. The van der Waals surface area contributed by atoms with Gasteiger partial charge in [-0.05, 0) is 18.8 Å². The van der Waals surface area contributed by atoms with Crippen molar-refractivity contribution in [1.82, 2.24) is 5.32 Å². The van der Waals surface area contributed by atoms with Crippen molar-refractivity contribution < 1.29 is 19.1 Å². The van der Waals surface area contributed by atoms with Crippen LogP contribution in [-0.4, -0.2) is 37.2 Å². The molecule has 2 rings (SSSR count). The first kappa shape index (κ1) is 14.3. The summed E-state index contributed by atoms with van der Waals surface area (Å²) in [6.07, 6.45) is 2.82. The van der Waals surface area contributed by atoms with Crippen LogP contribution in [0, 0.1) is 11.8 Å². The van der Waals surface area contributed by atoms with Crippen LogP contribution in [0.25, 0.3) is 0 Å². The van der Waals surface area contributed by atoms with E-state index >= 15 is 0 Å². The summed E-state index contributed by atoms with van der Waals surface area (Å²) < 4.78 is 10.6. The van der Waals surface area contributed by atoms with Crippen molar-refractivity contribution in [2.45, 2.75) is 51.7 Å². The van der Waals surface area contributed by atoms with Crippen LogP contribution >= 0.6 is 0 Å². The van der Waals surface area contributed by atoms with Gasteiger partial charge in [0.1, 0.15) is 6.10 Å². The third-order valence-corrected chi connectivity index (χ3v) is 3.67. The largest absolute Gasteiger partial charge is 0.446 e. The minimum atomic E-state index is -0.473. The molecule has 1 heterocycles. The van der Waals surface area contributed by atoms with E-state index in [4.69, 9.17) is 9.47 Å². The molecule has 0 bridgehead atoms. The number of Topliss-reactive ketones (excluding diaryl/α,β-unsaturated/α-hetero) is 1. The molecule has 2 aliphatic rings. The highest BCUT2D eigenvalue weighted by atomic mass is 16.6. The fourth-order valence-corrected chi connectivity index (χ4v) is 2.29. The summed E-state index contributed by atoms with van der Waals surface area (Å²) in [5.74, 6) is 0.394. The quantitative estimate of drug-likeness (QED) is 0.828. The molecule has 1 amide bonds. The fourth-order valence-electron chi connectivity index (χ4n) is 2.29. The molecule has 1 saturated heterocycles. The van der Waals surface area contributed by atoms with Gasteiger partial charge in [0.15, 0.2) is 5.78 Å². The molecular formula is C14H23NO4. The molecule has 1 aliphatic heterocycles. The maximum atomic E-state index is 12.1. The Morgan fingerprint density at radius 2 is 1.79 bits per heavy atom. The summed E-state index contributed by atoms with van der Waals surface area (Å²) in [5.41, 5.74) is 0. The molecule has 0 aromatic heterocycles. The van der Waals surface area contributed by atoms with E-state index in [-0.39, 0.29) is 23.7 Å². The van der Waals surface area contributed by atoms with Crippen LogP contribution in [0.15, 0.2) is 0 Å². The number of carbonyl (C=O) groups excluding carboxylic acids is 2. The van der Waals surface area contributed by atoms with Crippen molar-refractivity contribution in [3.05, 3.63) is 0 Å². The molecule has 1 unspecified atom stereocenters. The Morgan fingerprint density at radius 3 is 2.32 bits per heavy atom. The fraction of sp³-hybridized carbons (Fsp3) is 0.857. The van der Waals surface area contributed by atoms with Crippen LogP contribution in [0.3, 0.4) is 0 Å². The average Bonchev–Trinajstić information content (AvgIpc) is 3.20. The van der Waals surface area contributed by atoms with Crippen LogP contribution in [0.2, 0.25) is 0 Å². The van der Waals surface area contributed by atoms with E-state index in [0.29, 0.717) is 13.2 Å². The number of amides is 1. The Labute approximate surface area is 114 Å². The van der Waals surface area contributed by atoms with Crippen LogP contribution < -0.4 is 5.32 Å². The third-order valence-electron chi connectivity index (χ3n) is 3.67. The number of ketones is 1. The Kier molecular flexibility index (Phi) is 4.80. The summed E-state index contributed by atoms with van der Waals surface area (Å²) in [7, 11) is 0. The predicted molar refractivity (Wildman–Crippen MR) is 69.8 cm³/mol. The van der Waals surface area contributed by atoms with E-state index in [1.807, 2.05) is 13.8 Å². The summed E-state index contributed by atoms with van der Waals surface area (Å²) >= 11 is 0. The second-order valence-corrected chi connectivity index (χ2v) is 5.76. The van der Waals surface area contributed by atoms with E-state index in [1.165, 1.54) is 0 Å². The van der Waals surface area contributed by atoms with Gasteiger partial charge in [-0.15, -0.1) is 0 Å². The third kappa shape index (κ3) is 4.20. The lowest BCUT2D eigenvalue weighted by Gasteiger charge is -2.25. The lowest BCUT2D eigenvalue weighted by Crippen LogP contribution is -2.46. The summed E-state index contributed by atoms with van der Waals surface area (Å²) in [6.45, 7) is 5.15. The summed E-state index contributed by atoms with van der Waals surface area (Å²) in [5, 5.41) is 2.73.